The van der Waals surface area contributed by atoms with Crippen LogP contribution in [0.25, 0.3) is 0 Å². The second-order valence-electron chi connectivity index (χ2n) is 5.24. The third-order valence-electron chi connectivity index (χ3n) is 3.26. The van der Waals surface area contributed by atoms with Gasteiger partial charge in [0.25, 0.3) is 0 Å². The van der Waals surface area contributed by atoms with Crippen LogP contribution >= 0.6 is 0 Å². The van der Waals surface area contributed by atoms with Gasteiger partial charge in [-0.3, -0.25) is 4.79 Å². The summed E-state index contributed by atoms with van der Waals surface area (Å²) in [6.45, 7) is 5.91. The Bertz CT molecular complexity index is 214. The van der Waals surface area contributed by atoms with Gasteiger partial charge in [0, 0.05) is 12.5 Å². The highest BCUT2D eigenvalue weighted by Crippen LogP contribution is 2.51. The molecule has 0 aliphatic heterocycles. The first-order chi connectivity index (χ1) is 7.08. The van der Waals surface area contributed by atoms with Crippen LogP contribution in [0.3, 0.4) is 0 Å². The molecule has 0 heterocycles. The van der Waals surface area contributed by atoms with Gasteiger partial charge in [-0.15, -0.1) is 0 Å². The van der Waals surface area contributed by atoms with Gasteiger partial charge in [-0.1, -0.05) is 26.7 Å². The highest BCUT2D eigenvalue weighted by Gasteiger charge is 2.50. The number of hydrogen-bond acceptors (Lipinski definition) is 2. The molecular formula is C12H24N2O. The quantitative estimate of drug-likeness (QED) is 0.631. The van der Waals surface area contributed by atoms with Crippen molar-refractivity contribution < 1.29 is 4.79 Å². The standard InChI is InChI=1S/C12H24N2O/c1-12(2)9-10(12)11(15)14-8-6-4-3-5-7-13/h10H,3-9,13H2,1-2H3,(H,14,15). The van der Waals surface area contributed by atoms with Crippen molar-refractivity contribution in [3.05, 3.63) is 0 Å². The summed E-state index contributed by atoms with van der Waals surface area (Å²) in [6.07, 6.45) is 5.58. The van der Waals surface area contributed by atoms with Gasteiger partial charge in [-0.05, 0) is 31.2 Å². The smallest absolute Gasteiger partial charge is 0.223 e. The van der Waals surface area contributed by atoms with Gasteiger partial charge in [0.15, 0.2) is 0 Å². The molecule has 88 valence electrons. The van der Waals surface area contributed by atoms with Crippen molar-refractivity contribution in [3.8, 4) is 0 Å². The Morgan fingerprint density at radius 3 is 2.47 bits per heavy atom. The van der Waals surface area contributed by atoms with Crippen LogP contribution in [0.1, 0.15) is 46.0 Å². The van der Waals surface area contributed by atoms with Crippen LogP contribution in [0.4, 0.5) is 0 Å². The molecule has 15 heavy (non-hydrogen) atoms. The van der Waals surface area contributed by atoms with E-state index in [-0.39, 0.29) is 17.2 Å². The first-order valence-corrected chi connectivity index (χ1v) is 6.06. The molecule has 0 saturated heterocycles. The van der Waals surface area contributed by atoms with Gasteiger partial charge >= 0.3 is 0 Å². The summed E-state index contributed by atoms with van der Waals surface area (Å²) in [5.74, 6) is 0.514. The first-order valence-electron chi connectivity index (χ1n) is 6.06. The van der Waals surface area contributed by atoms with Crippen molar-refractivity contribution in [2.45, 2.75) is 46.0 Å². The molecule has 1 atom stereocenters. The van der Waals surface area contributed by atoms with Gasteiger partial charge in [0.1, 0.15) is 0 Å². The Morgan fingerprint density at radius 2 is 1.93 bits per heavy atom. The summed E-state index contributed by atoms with van der Waals surface area (Å²) in [7, 11) is 0. The van der Waals surface area contributed by atoms with Gasteiger partial charge in [-0.2, -0.15) is 0 Å². The number of amides is 1. The predicted octanol–water partition coefficient (Wildman–Crippen LogP) is 1.67. The predicted molar refractivity (Wildman–Crippen MR) is 62.4 cm³/mol. The molecule has 1 aliphatic rings. The molecule has 3 N–H and O–H groups in total. The topological polar surface area (TPSA) is 55.1 Å². The molecule has 1 saturated carbocycles. The van der Waals surface area contributed by atoms with Gasteiger partial charge in [0.2, 0.25) is 5.91 Å². The van der Waals surface area contributed by atoms with Crippen molar-refractivity contribution in [1.29, 1.82) is 0 Å². The summed E-state index contributed by atoms with van der Waals surface area (Å²) in [4.78, 5) is 11.6. The molecule has 3 heteroatoms. The van der Waals surface area contributed by atoms with E-state index in [0.29, 0.717) is 0 Å². The van der Waals surface area contributed by atoms with Gasteiger partial charge in [-0.25, -0.2) is 0 Å². The Balaban J connectivity index is 1.94. The Hall–Kier alpha value is -0.570. The summed E-state index contributed by atoms with van der Waals surface area (Å²) >= 11 is 0. The number of rotatable bonds is 7. The summed E-state index contributed by atoms with van der Waals surface area (Å²) in [6, 6.07) is 0. The summed E-state index contributed by atoms with van der Waals surface area (Å²) in [5, 5.41) is 3.01. The average Bonchev–Trinajstić information content (AvgIpc) is 2.81. The molecule has 1 fully saturated rings. The molecule has 0 aromatic heterocycles. The molecule has 1 rings (SSSR count). The van der Waals surface area contributed by atoms with Crippen LogP contribution in [-0.4, -0.2) is 19.0 Å². The van der Waals surface area contributed by atoms with Crippen LogP contribution in [0.15, 0.2) is 0 Å². The van der Waals surface area contributed by atoms with E-state index >= 15 is 0 Å². The summed E-state index contributed by atoms with van der Waals surface area (Å²) < 4.78 is 0. The molecular weight excluding hydrogens is 188 g/mol. The minimum atomic E-state index is 0.249. The highest BCUT2D eigenvalue weighted by atomic mass is 16.2. The Labute approximate surface area is 92.8 Å². The maximum Gasteiger partial charge on any atom is 0.223 e. The molecule has 3 nitrogen and oxygen atoms in total. The zero-order valence-electron chi connectivity index (χ0n) is 10.0. The van der Waals surface area contributed by atoms with Crippen molar-refractivity contribution in [2.24, 2.45) is 17.1 Å². The summed E-state index contributed by atoms with van der Waals surface area (Å²) in [5.41, 5.74) is 5.65. The molecule has 0 radical (unpaired) electrons. The van der Waals surface area contributed by atoms with Crippen molar-refractivity contribution in [3.63, 3.8) is 0 Å². The molecule has 0 aromatic carbocycles. The fourth-order valence-corrected chi connectivity index (χ4v) is 1.87. The van der Waals surface area contributed by atoms with Gasteiger partial charge in [0.05, 0.1) is 0 Å². The first kappa shape index (κ1) is 12.5. The second kappa shape index (κ2) is 5.50. The fourth-order valence-electron chi connectivity index (χ4n) is 1.87. The van der Waals surface area contributed by atoms with E-state index in [2.05, 4.69) is 19.2 Å². The molecule has 0 spiro atoms. The van der Waals surface area contributed by atoms with E-state index in [1.165, 1.54) is 12.8 Å². The van der Waals surface area contributed by atoms with Crippen LogP contribution in [0.5, 0.6) is 0 Å². The normalized spacial score (nSPS) is 22.5. The SMILES string of the molecule is CC1(C)CC1C(=O)NCCCCCCN. The third kappa shape index (κ3) is 4.20. The number of nitrogens with one attached hydrogen (secondary N) is 1. The number of unbranched alkanes of at least 4 members (excludes halogenated alkanes) is 3. The van der Waals surface area contributed by atoms with Crippen LogP contribution < -0.4 is 11.1 Å². The second-order valence-corrected chi connectivity index (χ2v) is 5.24. The Morgan fingerprint density at radius 1 is 1.33 bits per heavy atom. The number of carbonyl (C=O) groups excluding carboxylic acids is 1. The number of nitrogens with two attached hydrogens (primary N) is 1. The zero-order valence-corrected chi connectivity index (χ0v) is 10.0. The maximum atomic E-state index is 11.6. The van der Waals surface area contributed by atoms with Crippen molar-refractivity contribution in [2.75, 3.05) is 13.1 Å². The lowest BCUT2D eigenvalue weighted by Gasteiger charge is -2.06. The largest absolute Gasteiger partial charge is 0.356 e. The third-order valence-corrected chi connectivity index (χ3v) is 3.26. The van der Waals surface area contributed by atoms with Crippen LogP contribution in [-0.2, 0) is 4.79 Å². The monoisotopic (exact) mass is 212 g/mol. The lowest BCUT2D eigenvalue weighted by molar-refractivity contribution is -0.122. The van der Waals surface area contributed by atoms with E-state index in [9.17, 15) is 4.79 Å². The minimum absolute atomic E-state index is 0.249. The number of carbonyl (C=O) groups is 1. The van der Waals surface area contributed by atoms with E-state index < -0.39 is 0 Å². The molecule has 1 unspecified atom stereocenters. The van der Waals surface area contributed by atoms with Crippen molar-refractivity contribution in [1.82, 2.24) is 5.32 Å². The number of hydrogen-bond donors (Lipinski definition) is 2. The van der Waals surface area contributed by atoms with E-state index in [1.54, 1.807) is 0 Å². The van der Waals surface area contributed by atoms with Crippen molar-refractivity contribution >= 4 is 5.91 Å². The maximum absolute atomic E-state index is 11.6. The minimum Gasteiger partial charge on any atom is -0.356 e. The van der Waals surface area contributed by atoms with E-state index in [4.69, 9.17) is 5.73 Å². The fraction of sp³-hybridized carbons (Fsp3) is 0.917. The van der Waals surface area contributed by atoms with Gasteiger partial charge < -0.3 is 11.1 Å². The molecule has 0 aromatic rings. The van der Waals surface area contributed by atoms with Crippen LogP contribution in [0.2, 0.25) is 0 Å². The van der Waals surface area contributed by atoms with Crippen LogP contribution in [0, 0.1) is 11.3 Å². The lowest BCUT2D eigenvalue weighted by atomic mass is 10.1. The Kier molecular flexibility index (Phi) is 4.58. The van der Waals surface area contributed by atoms with E-state index in [1.807, 2.05) is 0 Å². The highest BCUT2D eigenvalue weighted by molar-refractivity contribution is 5.82. The zero-order chi connectivity index (χ0) is 11.3. The molecule has 1 aliphatic carbocycles. The molecule has 1 amide bonds. The lowest BCUT2D eigenvalue weighted by Crippen LogP contribution is -2.27. The van der Waals surface area contributed by atoms with E-state index in [0.717, 1.165) is 32.4 Å². The average molecular weight is 212 g/mol. The molecule has 0 bridgehead atoms.